The summed E-state index contributed by atoms with van der Waals surface area (Å²) < 4.78 is 7.30. The highest BCUT2D eigenvalue weighted by Crippen LogP contribution is 2.25. The average Bonchev–Trinajstić information content (AvgIpc) is 3.89. The van der Waals surface area contributed by atoms with E-state index in [2.05, 4.69) is 30.8 Å². The van der Waals surface area contributed by atoms with E-state index < -0.39 is 11.8 Å². The SMILES string of the molecule is CCCn1c(NC(=O)c2cc(C)nn2CCCCCc2c(C)nn(CC)c2C(=O)Nc2nc3cc(C(N)=O)ccc3n2CCC)nc2cc(C(N)=O)ccc21. The van der Waals surface area contributed by atoms with Crippen molar-refractivity contribution in [3.63, 3.8) is 0 Å². The molecule has 4 heterocycles. The number of aromatic nitrogens is 8. The number of nitrogens with two attached hydrogens (primary N) is 2. The number of hydrogen-bond donors (Lipinski definition) is 4. The number of anilines is 2. The molecule has 4 amide bonds. The summed E-state index contributed by atoms with van der Waals surface area (Å²) in [6.07, 6.45) is 4.63. The predicted molar refractivity (Wildman–Crippen MR) is 210 cm³/mol. The summed E-state index contributed by atoms with van der Waals surface area (Å²) in [6.45, 7) is 12.1. The minimum Gasteiger partial charge on any atom is -0.366 e. The van der Waals surface area contributed by atoms with Crippen LogP contribution in [0.1, 0.15) is 112 Å². The molecule has 0 aliphatic carbocycles. The number of fused-ring (bicyclic) bond motifs is 2. The van der Waals surface area contributed by atoms with E-state index in [0.717, 1.165) is 60.1 Å². The first kappa shape index (κ1) is 38.4. The highest BCUT2D eigenvalue weighted by molar-refractivity contribution is 6.05. The van der Waals surface area contributed by atoms with Gasteiger partial charge in [0.25, 0.3) is 11.8 Å². The van der Waals surface area contributed by atoms with Gasteiger partial charge in [-0.1, -0.05) is 20.3 Å². The summed E-state index contributed by atoms with van der Waals surface area (Å²) in [5.74, 6) is -0.941. The van der Waals surface area contributed by atoms with Crippen LogP contribution in [0.2, 0.25) is 0 Å². The Morgan fingerprint density at radius 2 is 1.24 bits per heavy atom. The number of carbonyl (C=O) groups excluding carboxylic acids is 4. The maximum absolute atomic E-state index is 13.9. The van der Waals surface area contributed by atoms with E-state index in [1.54, 1.807) is 51.8 Å². The number of benzene rings is 2. The molecule has 6 N–H and O–H groups in total. The summed E-state index contributed by atoms with van der Waals surface area (Å²) in [4.78, 5) is 60.4. The molecule has 0 aliphatic rings. The summed E-state index contributed by atoms with van der Waals surface area (Å²) >= 11 is 0. The standard InChI is InChI=1S/C39H48N12O4/c1-6-17-48-30-15-13-25(34(40)52)21-28(30)42-38(48)44-36(54)32-20-23(4)46-51(32)19-11-9-10-12-27-24(5)47-50(8-3)33(27)37(55)45-39-43-29-22-26(35(41)53)14-16-31(29)49(39)18-7-2/h13-16,20-22H,6-12,17-19H2,1-5H3,(H2,40,52)(H2,41,53)(H,42,44,54)(H,43,45,55). The third-order valence-corrected chi connectivity index (χ3v) is 9.61. The van der Waals surface area contributed by atoms with Crippen molar-refractivity contribution in [2.45, 2.75) is 99.3 Å². The number of imidazole rings is 2. The Bertz CT molecular complexity index is 2410. The Morgan fingerprint density at radius 1 is 0.673 bits per heavy atom. The van der Waals surface area contributed by atoms with Crippen molar-refractivity contribution in [2.75, 3.05) is 10.6 Å². The third kappa shape index (κ3) is 7.98. The second kappa shape index (κ2) is 16.4. The summed E-state index contributed by atoms with van der Waals surface area (Å²) in [6, 6.07) is 11.9. The van der Waals surface area contributed by atoms with Gasteiger partial charge in [0.2, 0.25) is 23.7 Å². The lowest BCUT2D eigenvalue weighted by atomic mass is 10.0. The highest BCUT2D eigenvalue weighted by Gasteiger charge is 2.24. The van der Waals surface area contributed by atoms with Gasteiger partial charge >= 0.3 is 0 Å². The highest BCUT2D eigenvalue weighted by atomic mass is 16.2. The molecular weight excluding hydrogens is 701 g/mol. The van der Waals surface area contributed by atoms with Crippen molar-refractivity contribution < 1.29 is 19.2 Å². The number of aryl methyl sites for hydroxylation is 6. The van der Waals surface area contributed by atoms with E-state index in [1.165, 1.54) is 0 Å². The molecule has 0 saturated heterocycles. The van der Waals surface area contributed by atoms with Gasteiger partial charge in [0.1, 0.15) is 11.4 Å². The molecule has 0 spiro atoms. The predicted octanol–water partition coefficient (Wildman–Crippen LogP) is 5.35. The Balaban J connectivity index is 1.12. The molecule has 6 rings (SSSR count). The van der Waals surface area contributed by atoms with Gasteiger partial charge in [-0.2, -0.15) is 10.2 Å². The first-order chi connectivity index (χ1) is 26.4. The normalized spacial score (nSPS) is 11.4. The number of hydrogen-bond acceptors (Lipinski definition) is 8. The average molecular weight is 749 g/mol. The molecule has 0 radical (unpaired) electrons. The smallest absolute Gasteiger partial charge is 0.276 e. The van der Waals surface area contributed by atoms with Crippen LogP contribution >= 0.6 is 0 Å². The first-order valence-electron chi connectivity index (χ1n) is 18.8. The zero-order valence-electron chi connectivity index (χ0n) is 32.0. The van der Waals surface area contributed by atoms with Crippen molar-refractivity contribution in [3.05, 3.63) is 81.9 Å². The van der Waals surface area contributed by atoms with E-state index in [9.17, 15) is 19.2 Å². The van der Waals surface area contributed by atoms with Crippen molar-refractivity contribution in [3.8, 4) is 0 Å². The van der Waals surface area contributed by atoms with Crippen LogP contribution in [0.25, 0.3) is 22.1 Å². The molecule has 0 aliphatic heterocycles. The number of nitrogens with one attached hydrogen (secondary N) is 2. The van der Waals surface area contributed by atoms with E-state index >= 15 is 0 Å². The molecular formula is C39H48N12O4. The fourth-order valence-electron chi connectivity index (χ4n) is 7.02. The quantitative estimate of drug-likeness (QED) is 0.0890. The lowest BCUT2D eigenvalue weighted by Crippen LogP contribution is -2.21. The molecule has 6 aromatic rings. The van der Waals surface area contributed by atoms with Gasteiger partial charge in [0, 0.05) is 42.9 Å². The van der Waals surface area contributed by atoms with E-state index in [1.807, 2.05) is 43.8 Å². The van der Waals surface area contributed by atoms with Gasteiger partial charge in [0.05, 0.1) is 33.5 Å². The van der Waals surface area contributed by atoms with Crippen LogP contribution in [0.5, 0.6) is 0 Å². The summed E-state index contributed by atoms with van der Waals surface area (Å²) in [5, 5.41) is 15.3. The number of rotatable bonds is 17. The molecule has 16 nitrogen and oxygen atoms in total. The maximum Gasteiger partial charge on any atom is 0.276 e. The zero-order chi connectivity index (χ0) is 39.4. The van der Waals surface area contributed by atoms with E-state index in [4.69, 9.17) is 11.5 Å². The van der Waals surface area contributed by atoms with Crippen LogP contribution < -0.4 is 22.1 Å². The molecule has 0 atom stereocenters. The fraction of sp³-hybridized carbons (Fsp3) is 0.385. The Labute approximate surface area is 318 Å². The minimum absolute atomic E-state index is 0.302. The van der Waals surface area contributed by atoms with Crippen molar-refractivity contribution in [1.29, 1.82) is 0 Å². The van der Waals surface area contributed by atoms with Gasteiger partial charge in [-0.05, 0) is 95.3 Å². The van der Waals surface area contributed by atoms with Crippen LogP contribution in [0.15, 0.2) is 42.5 Å². The van der Waals surface area contributed by atoms with Gasteiger partial charge < -0.3 is 20.6 Å². The second-order valence-electron chi connectivity index (χ2n) is 13.7. The molecule has 0 saturated carbocycles. The molecule has 0 fully saturated rings. The molecule has 55 heavy (non-hydrogen) atoms. The van der Waals surface area contributed by atoms with E-state index in [0.29, 0.717) is 78.0 Å². The largest absolute Gasteiger partial charge is 0.366 e. The first-order valence-corrected chi connectivity index (χ1v) is 18.8. The van der Waals surface area contributed by atoms with Crippen molar-refractivity contribution in [2.24, 2.45) is 11.5 Å². The second-order valence-corrected chi connectivity index (χ2v) is 13.7. The summed E-state index contributed by atoms with van der Waals surface area (Å²) in [7, 11) is 0. The van der Waals surface area contributed by atoms with Crippen molar-refractivity contribution in [1.82, 2.24) is 38.7 Å². The van der Waals surface area contributed by atoms with E-state index in [-0.39, 0.29) is 11.8 Å². The lowest BCUT2D eigenvalue weighted by molar-refractivity contribution is 0.0992. The van der Waals surface area contributed by atoms with Crippen molar-refractivity contribution >= 4 is 57.6 Å². The number of carbonyl (C=O) groups is 4. The molecule has 0 bridgehead atoms. The van der Waals surface area contributed by atoms with Crippen LogP contribution in [-0.4, -0.2) is 62.3 Å². The molecule has 0 unspecified atom stereocenters. The number of unbranched alkanes of at least 4 members (excludes halogenated alkanes) is 2. The molecule has 2 aromatic carbocycles. The Morgan fingerprint density at radius 3 is 1.76 bits per heavy atom. The van der Waals surface area contributed by atoms with Crippen LogP contribution in [0.4, 0.5) is 11.9 Å². The fourth-order valence-corrected chi connectivity index (χ4v) is 7.02. The number of nitrogens with zero attached hydrogens (tertiary/aromatic N) is 8. The molecule has 16 heteroatoms. The maximum atomic E-state index is 13.9. The molecule has 288 valence electrons. The van der Waals surface area contributed by atoms with Gasteiger partial charge in [-0.15, -0.1) is 0 Å². The topological polar surface area (TPSA) is 216 Å². The van der Waals surface area contributed by atoms with Crippen LogP contribution in [-0.2, 0) is 32.6 Å². The zero-order valence-corrected chi connectivity index (χ0v) is 32.0. The third-order valence-electron chi connectivity index (χ3n) is 9.61. The minimum atomic E-state index is -0.544. The van der Waals surface area contributed by atoms with Gasteiger partial charge in [-0.25, -0.2) is 9.97 Å². The monoisotopic (exact) mass is 748 g/mol. The van der Waals surface area contributed by atoms with Gasteiger partial charge in [-0.3, -0.25) is 39.2 Å². The van der Waals surface area contributed by atoms with Crippen LogP contribution in [0.3, 0.4) is 0 Å². The number of amides is 4. The Hall–Kier alpha value is -6.32. The lowest BCUT2D eigenvalue weighted by Gasteiger charge is -2.12. The number of primary amides is 2. The Kier molecular flexibility index (Phi) is 11.4. The van der Waals surface area contributed by atoms with Crippen LogP contribution in [0, 0.1) is 13.8 Å². The molecule has 4 aromatic heterocycles. The van der Waals surface area contributed by atoms with Gasteiger partial charge in [0.15, 0.2) is 0 Å². The summed E-state index contributed by atoms with van der Waals surface area (Å²) in [5.41, 5.74) is 17.7.